The highest BCUT2D eigenvalue weighted by molar-refractivity contribution is 5.93. The van der Waals surface area contributed by atoms with Gasteiger partial charge >= 0.3 is 23.9 Å². The van der Waals surface area contributed by atoms with E-state index in [1.54, 1.807) is 95.3 Å². The summed E-state index contributed by atoms with van der Waals surface area (Å²) < 4.78 is 22.2. The van der Waals surface area contributed by atoms with Gasteiger partial charge in [-0.05, 0) is 89.1 Å². The Bertz CT molecular complexity index is 1620. The number of carbonyl (C=O) groups is 4. The first-order valence-electron chi connectivity index (χ1n) is 13.3. The fraction of sp³-hybridized carbons (Fsp3) is 0.200. The molecule has 3 rings (SSSR count). The highest BCUT2D eigenvalue weighted by Crippen LogP contribution is 2.42. The van der Waals surface area contributed by atoms with Crippen LogP contribution in [-0.4, -0.2) is 23.9 Å². The molecule has 0 N–H and O–H groups in total. The van der Waals surface area contributed by atoms with E-state index >= 15 is 0 Å². The van der Waals surface area contributed by atoms with Crippen LogP contribution in [0, 0.1) is 5.41 Å². The van der Waals surface area contributed by atoms with Crippen molar-refractivity contribution in [3.05, 3.63) is 97.1 Å². The van der Waals surface area contributed by atoms with Gasteiger partial charge in [0, 0.05) is 27.8 Å². The summed E-state index contributed by atoms with van der Waals surface area (Å²) in [6, 6.07) is 16.2. The zero-order valence-corrected chi connectivity index (χ0v) is 25.2. The molecule has 0 unspecified atom stereocenters. The first-order chi connectivity index (χ1) is 20.1. The molecule has 0 amide bonds. The molecule has 0 bridgehead atoms. The largest absolute Gasteiger partial charge is 0.425 e. The van der Waals surface area contributed by atoms with Crippen LogP contribution in [-0.2, 0) is 19.2 Å². The highest BCUT2D eigenvalue weighted by Gasteiger charge is 2.26. The molecule has 3 aromatic carbocycles. The predicted octanol–water partition coefficient (Wildman–Crippen LogP) is 7.42. The number of esters is 4. The van der Waals surface area contributed by atoms with Gasteiger partial charge in [0.05, 0.1) is 5.41 Å². The Morgan fingerprint density at radius 3 is 1.19 bits per heavy atom. The number of benzene rings is 3. The van der Waals surface area contributed by atoms with Gasteiger partial charge < -0.3 is 18.9 Å². The monoisotopic (exact) mass is 582 g/mol. The molecule has 0 aromatic heterocycles. The minimum Gasteiger partial charge on any atom is -0.425 e. The van der Waals surface area contributed by atoms with Gasteiger partial charge in [-0.1, -0.05) is 44.0 Å². The Labute approximate surface area is 251 Å². The number of ether oxygens (including phenoxy) is 4. The van der Waals surface area contributed by atoms with E-state index in [0.717, 1.165) is 0 Å². The fourth-order valence-corrected chi connectivity index (χ4v) is 3.41. The number of hydrogen-bond donors (Lipinski definition) is 0. The zero-order chi connectivity index (χ0) is 32.1. The third-order valence-electron chi connectivity index (χ3n) is 5.90. The van der Waals surface area contributed by atoms with Gasteiger partial charge in [-0.3, -0.25) is 4.79 Å². The second-order valence-electron chi connectivity index (χ2n) is 11.0. The van der Waals surface area contributed by atoms with E-state index in [1.165, 1.54) is 6.92 Å². The summed E-state index contributed by atoms with van der Waals surface area (Å²) in [4.78, 5) is 49.6. The van der Waals surface area contributed by atoms with E-state index in [1.807, 2.05) is 0 Å². The van der Waals surface area contributed by atoms with Crippen LogP contribution in [0.5, 0.6) is 23.0 Å². The van der Waals surface area contributed by atoms with Gasteiger partial charge in [0.25, 0.3) is 0 Å². The lowest BCUT2D eigenvalue weighted by atomic mass is 9.96. The van der Waals surface area contributed by atoms with Crippen molar-refractivity contribution in [2.75, 3.05) is 0 Å². The minimum absolute atomic E-state index is 0.169. The Morgan fingerprint density at radius 2 is 0.860 bits per heavy atom. The fourth-order valence-electron chi connectivity index (χ4n) is 3.41. The molecule has 8 heteroatoms. The summed E-state index contributed by atoms with van der Waals surface area (Å²) >= 11 is 0. The van der Waals surface area contributed by atoms with Crippen LogP contribution in [0.2, 0.25) is 0 Å². The molecular formula is C35H34O8. The first kappa shape index (κ1) is 32.3. The zero-order valence-electron chi connectivity index (χ0n) is 25.2. The maximum absolute atomic E-state index is 13.0. The molecule has 0 atom stereocenters. The normalized spacial score (nSPS) is 10.7. The lowest BCUT2D eigenvalue weighted by Gasteiger charge is -2.21. The molecule has 0 aliphatic heterocycles. The Morgan fingerprint density at radius 1 is 0.535 bits per heavy atom. The number of rotatable bonds is 9. The predicted molar refractivity (Wildman–Crippen MR) is 164 cm³/mol. The molecule has 0 saturated heterocycles. The first-order valence-corrected chi connectivity index (χ1v) is 13.3. The van der Waals surface area contributed by atoms with Crippen LogP contribution >= 0.6 is 0 Å². The second kappa shape index (κ2) is 13.2. The van der Waals surface area contributed by atoms with Crippen molar-refractivity contribution in [1.82, 2.24) is 0 Å². The Kier molecular flexibility index (Phi) is 9.88. The van der Waals surface area contributed by atoms with Crippen molar-refractivity contribution in [2.24, 2.45) is 5.41 Å². The van der Waals surface area contributed by atoms with E-state index in [9.17, 15) is 19.2 Å². The highest BCUT2D eigenvalue weighted by atomic mass is 16.5. The topological polar surface area (TPSA) is 105 Å². The van der Waals surface area contributed by atoms with E-state index in [4.69, 9.17) is 18.9 Å². The molecule has 8 nitrogen and oxygen atoms in total. The van der Waals surface area contributed by atoms with E-state index in [0.29, 0.717) is 33.8 Å². The van der Waals surface area contributed by atoms with Crippen LogP contribution in [0.3, 0.4) is 0 Å². The minimum atomic E-state index is -0.821. The average Bonchev–Trinajstić information content (AvgIpc) is 2.93. The molecular weight excluding hydrogens is 548 g/mol. The molecule has 0 aliphatic rings. The van der Waals surface area contributed by atoms with Crippen LogP contribution in [0.4, 0.5) is 0 Å². The summed E-state index contributed by atoms with van der Waals surface area (Å²) in [6.07, 6.45) is 0. The summed E-state index contributed by atoms with van der Waals surface area (Å²) in [5.74, 6) is -1.31. The summed E-state index contributed by atoms with van der Waals surface area (Å²) in [7, 11) is 0. The molecule has 222 valence electrons. The third kappa shape index (κ3) is 8.39. The number of hydrogen-bond acceptors (Lipinski definition) is 8. The SMILES string of the molecule is C=C(C)C(=O)Oc1ccc(-c2cc(OC(=O)C(C)(C)C)c(-c3ccc(OC(=O)C(=C)C)cc3)cc2OC(=O)C(=C)C)cc1. The molecule has 0 spiro atoms. The van der Waals surface area contributed by atoms with E-state index in [-0.39, 0.29) is 28.2 Å². The quantitative estimate of drug-likeness (QED) is 0.146. The van der Waals surface area contributed by atoms with Crippen molar-refractivity contribution in [3.8, 4) is 45.3 Å². The van der Waals surface area contributed by atoms with Gasteiger partial charge in [0.1, 0.15) is 23.0 Å². The van der Waals surface area contributed by atoms with E-state index in [2.05, 4.69) is 19.7 Å². The van der Waals surface area contributed by atoms with Crippen molar-refractivity contribution in [2.45, 2.75) is 41.5 Å². The second-order valence-corrected chi connectivity index (χ2v) is 11.0. The standard InChI is InChI=1S/C35H34O8/c1-20(2)31(36)40-25-14-10-23(11-15-25)27-19-30(43-34(39)35(7,8)9)28(18-29(27)42-33(38)22(5)6)24-12-16-26(17-13-24)41-32(37)21(3)4/h10-19H,1,3,5H2,2,4,6-9H3. The molecule has 0 radical (unpaired) electrons. The third-order valence-corrected chi connectivity index (χ3v) is 5.90. The van der Waals surface area contributed by atoms with Crippen LogP contribution in [0.25, 0.3) is 22.3 Å². The van der Waals surface area contributed by atoms with Gasteiger partial charge in [-0.25, -0.2) is 14.4 Å². The smallest absolute Gasteiger partial charge is 0.338 e. The van der Waals surface area contributed by atoms with Gasteiger partial charge in [-0.2, -0.15) is 0 Å². The Balaban J connectivity index is 2.18. The number of carbonyl (C=O) groups excluding carboxylic acids is 4. The molecule has 0 fully saturated rings. The van der Waals surface area contributed by atoms with Crippen LogP contribution in [0.1, 0.15) is 41.5 Å². The summed E-state index contributed by atoms with van der Waals surface area (Å²) in [5, 5.41) is 0. The molecule has 43 heavy (non-hydrogen) atoms. The molecule has 0 aliphatic carbocycles. The summed E-state index contributed by atoms with van der Waals surface area (Å²) in [6.45, 7) is 20.6. The molecule has 0 saturated carbocycles. The van der Waals surface area contributed by atoms with E-state index < -0.39 is 29.3 Å². The lowest BCUT2D eigenvalue weighted by Crippen LogP contribution is -2.25. The maximum atomic E-state index is 13.0. The average molecular weight is 583 g/mol. The van der Waals surface area contributed by atoms with Gasteiger partial charge in [-0.15, -0.1) is 0 Å². The van der Waals surface area contributed by atoms with Crippen molar-refractivity contribution in [3.63, 3.8) is 0 Å². The van der Waals surface area contributed by atoms with Crippen LogP contribution in [0.15, 0.2) is 97.1 Å². The van der Waals surface area contributed by atoms with Gasteiger partial charge in [0.15, 0.2) is 0 Å². The van der Waals surface area contributed by atoms with Crippen LogP contribution < -0.4 is 18.9 Å². The Hall–Kier alpha value is -5.24. The van der Waals surface area contributed by atoms with Crippen molar-refractivity contribution >= 4 is 23.9 Å². The molecule has 3 aromatic rings. The lowest BCUT2D eigenvalue weighted by molar-refractivity contribution is -0.143. The van der Waals surface area contributed by atoms with Crippen molar-refractivity contribution in [1.29, 1.82) is 0 Å². The maximum Gasteiger partial charge on any atom is 0.338 e. The van der Waals surface area contributed by atoms with Crippen molar-refractivity contribution < 1.29 is 38.1 Å². The summed E-state index contributed by atoms with van der Waals surface area (Å²) in [5.41, 5.74) is 1.91. The molecule has 0 heterocycles. The van der Waals surface area contributed by atoms with Gasteiger partial charge in [0.2, 0.25) is 0 Å².